The minimum Gasteiger partial charge on any atom is -0.468 e. The lowest BCUT2D eigenvalue weighted by molar-refractivity contribution is -0.384. The van der Waals surface area contributed by atoms with Gasteiger partial charge in [0, 0.05) is 18.2 Å². The Kier molecular flexibility index (Phi) is 5.21. The highest BCUT2D eigenvalue weighted by molar-refractivity contribution is 5.93. The summed E-state index contributed by atoms with van der Waals surface area (Å²) in [6.45, 7) is -0.208. The Morgan fingerprint density at radius 3 is 2.53 bits per heavy atom. The molecule has 1 amide bonds. The second kappa shape index (κ2) is 6.90. The van der Waals surface area contributed by atoms with E-state index in [-0.39, 0.29) is 12.2 Å². The van der Waals surface area contributed by atoms with Crippen LogP contribution in [0.25, 0.3) is 6.08 Å². The van der Waals surface area contributed by atoms with Gasteiger partial charge >= 0.3 is 5.97 Å². The van der Waals surface area contributed by atoms with E-state index in [9.17, 15) is 19.7 Å². The molecule has 0 heterocycles. The largest absolute Gasteiger partial charge is 0.468 e. The highest BCUT2D eigenvalue weighted by atomic mass is 16.6. The summed E-state index contributed by atoms with van der Waals surface area (Å²) in [5, 5.41) is 12.8. The van der Waals surface area contributed by atoms with Gasteiger partial charge < -0.3 is 10.1 Å². The number of nitro benzene ring substituents is 1. The number of ether oxygens (including phenoxy) is 1. The summed E-state index contributed by atoms with van der Waals surface area (Å²) in [6.07, 6.45) is 2.71. The number of esters is 1. The Balaban J connectivity index is 2.54. The Morgan fingerprint density at radius 1 is 1.37 bits per heavy atom. The Labute approximate surface area is 109 Å². The van der Waals surface area contributed by atoms with Crippen molar-refractivity contribution in [1.29, 1.82) is 0 Å². The number of non-ortho nitro benzene ring substituents is 1. The van der Waals surface area contributed by atoms with Crippen molar-refractivity contribution in [2.75, 3.05) is 13.7 Å². The molecule has 0 aliphatic rings. The van der Waals surface area contributed by atoms with Gasteiger partial charge in [0.2, 0.25) is 5.91 Å². The molecule has 1 aromatic rings. The first-order chi connectivity index (χ1) is 9.02. The van der Waals surface area contributed by atoms with Crippen LogP contribution in [0, 0.1) is 10.1 Å². The van der Waals surface area contributed by atoms with Gasteiger partial charge in [0.25, 0.3) is 5.69 Å². The van der Waals surface area contributed by atoms with Crippen LogP contribution in [0.4, 0.5) is 5.69 Å². The maximum absolute atomic E-state index is 11.3. The summed E-state index contributed by atoms with van der Waals surface area (Å²) in [7, 11) is 1.22. The molecule has 0 spiro atoms. The molecule has 1 N–H and O–H groups in total. The van der Waals surface area contributed by atoms with Crippen LogP contribution < -0.4 is 5.32 Å². The first-order valence-electron chi connectivity index (χ1n) is 5.30. The molecular weight excluding hydrogens is 252 g/mol. The van der Waals surface area contributed by atoms with Gasteiger partial charge in [-0.25, -0.2) is 0 Å². The van der Waals surface area contributed by atoms with Gasteiger partial charge in [-0.1, -0.05) is 0 Å². The number of amides is 1. The van der Waals surface area contributed by atoms with Crippen LogP contribution in [-0.2, 0) is 14.3 Å². The zero-order chi connectivity index (χ0) is 14.3. The number of nitro groups is 1. The molecule has 0 fully saturated rings. The first kappa shape index (κ1) is 14.4. The molecule has 0 saturated carbocycles. The van der Waals surface area contributed by atoms with Crippen molar-refractivity contribution in [2.24, 2.45) is 0 Å². The van der Waals surface area contributed by atoms with Crippen molar-refractivity contribution in [3.05, 3.63) is 46.0 Å². The maximum Gasteiger partial charge on any atom is 0.325 e. The number of rotatable bonds is 5. The van der Waals surface area contributed by atoms with Crippen LogP contribution in [0.2, 0.25) is 0 Å². The molecule has 19 heavy (non-hydrogen) atoms. The predicted octanol–water partition coefficient (Wildman–Crippen LogP) is 0.897. The molecule has 0 aliphatic heterocycles. The molecule has 0 aromatic heterocycles. The number of hydrogen-bond acceptors (Lipinski definition) is 5. The molecule has 0 radical (unpaired) electrons. The highest BCUT2D eigenvalue weighted by Gasteiger charge is 2.03. The van der Waals surface area contributed by atoms with Gasteiger partial charge in [0.05, 0.1) is 12.0 Å². The third-order valence-corrected chi connectivity index (χ3v) is 2.17. The number of nitrogens with one attached hydrogen (secondary N) is 1. The van der Waals surface area contributed by atoms with Crippen LogP contribution in [0.1, 0.15) is 5.56 Å². The van der Waals surface area contributed by atoms with Crippen molar-refractivity contribution in [2.45, 2.75) is 0 Å². The molecule has 0 aliphatic carbocycles. The number of methoxy groups -OCH3 is 1. The summed E-state index contributed by atoms with van der Waals surface area (Å²) in [6, 6.07) is 5.71. The van der Waals surface area contributed by atoms with E-state index in [1.54, 1.807) is 0 Å². The van der Waals surface area contributed by atoms with E-state index in [1.165, 1.54) is 43.5 Å². The second-order valence-corrected chi connectivity index (χ2v) is 3.48. The van der Waals surface area contributed by atoms with Crippen molar-refractivity contribution < 1.29 is 19.2 Å². The zero-order valence-electron chi connectivity index (χ0n) is 10.2. The lowest BCUT2D eigenvalue weighted by Crippen LogP contribution is -2.28. The highest BCUT2D eigenvalue weighted by Crippen LogP contribution is 2.12. The minimum atomic E-state index is -0.544. The SMILES string of the molecule is COC(=O)CNC(=O)/C=C/c1ccc([N+](=O)[O-])cc1. The lowest BCUT2D eigenvalue weighted by atomic mass is 10.2. The quantitative estimate of drug-likeness (QED) is 0.368. The zero-order valence-corrected chi connectivity index (χ0v) is 10.2. The fraction of sp³-hybridized carbons (Fsp3) is 0.167. The van der Waals surface area contributed by atoms with E-state index >= 15 is 0 Å². The van der Waals surface area contributed by atoms with Gasteiger partial charge in [0.15, 0.2) is 0 Å². The van der Waals surface area contributed by atoms with E-state index < -0.39 is 16.8 Å². The summed E-state index contributed by atoms with van der Waals surface area (Å²) in [4.78, 5) is 32.0. The van der Waals surface area contributed by atoms with E-state index in [0.717, 1.165) is 0 Å². The molecule has 7 heteroatoms. The fourth-order valence-corrected chi connectivity index (χ4v) is 1.17. The number of hydrogen-bond donors (Lipinski definition) is 1. The summed E-state index contributed by atoms with van der Waals surface area (Å²) in [5.74, 6) is -0.999. The average Bonchev–Trinajstić information content (AvgIpc) is 2.42. The first-order valence-corrected chi connectivity index (χ1v) is 5.30. The van der Waals surface area contributed by atoms with E-state index in [1.807, 2.05) is 0 Å². The normalized spacial score (nSPS) is 10.2. The van der Waals surface area contributed by atoms with Crippen LogP contribution in [-0.4, -0.2) is 30.5 Å². The van der Waals surface area contributed by atoms with E-state index in [4.69, 9.17) is 0 Å². The fourth-order valence-electron chi connectivity index (χ4n) is 1.17. The molecular formula is C12H12N2O5. The molecule has 100 valence electrons. The smallest absolute Gasteiger partial charge is 0.325 e. The van der Waals surface area contributed by atoms with Crippen molar-refractivity contribution in [3.63, 3.8) is 0 Å². The van der Waals surface area contributed by atoms with E-state index in [0.29, 0.717) is 5.56 Å². The Bertz CT molecular complexity index is 507. The van der Waals surface area contributed by atoms with Gasteiger partial charge in [-0.2, -0.15) is 0 Å². The third-order valence-electron chi connectivity index (χ3n) is 2.17. The minimum absolute atomic E-state index is 0.0210. The predicted molar refractivity (Wildman–Crippen MR) is 67.2 cm³/mol. The van der Waals surface area contributed by atoms with Crippen LogP contribution in [0.3, 0.4) is 0 Å². The van der Waals surface area contributed by atoms with Crippen LogP contribution in [0.15, 0.2) is 30.3 Å². The van der Waals surface area contributed by atoms with Gasteiger partial charge in [-0.15, -0.1) is 0 Å². The van der Waals surface area contributed by atoms with Gasteiger partial charge in [-0.3, -0.25) is 19.7 Å². The molecule has 0 atom stereocenters. The van der Waals surface area contributed by atoms with E-state index in [2.05, 4.69) is 10.1 Å². The Morgan fingerprint density at radius 2 is 2.00 bits per heavy atom. The standard InChI is InChI=1S/C12H12N2O5/c1-19-12(16)8-13-11(15)7-4-9-2-5-10(6-3-9)14(17)18/h2-7H,8H2,1H3,(H,13,15)/b7-4+. The molecule has 1 aromatic carbocycles. The van der Waals surface area contributed by atoms with Crippen molar-refractivity contribution in [3.8, 4) is 0 Å². The Hall–Kier alpha value is -2.70. The monoisotopic (exact) mass is 264 g/mol. The maximum atomic E-state index is 11.3. The summed E-state index contributed by atoms with van der Waals surface area (Å²) < 4.78 is 4.36. The number of nitrogens with zero attached hydrogens (tertiary/aromatic N) is 1. The molecule has 0 unspecified atom stereocenters. The average molecular weight is 264 g/mol. The second-order valence-electron chi connectivity index (χ2n) is 3.48. The van der Waals surface area contributed by atoms with Crippen molar-refractivity contribution in [1.82, 2.24) is 5.32 Å². The van der Waals surface area contributed by atoms with Crippen molar-refractivity contribution >= 4 is 23.6 Å². The van der Waals surface area contributed by atoms with Crippen LogP contribution >= 0.6 is 0 Å². The summed E-state index contributed by atoms with van der Waals surface area (Å²) in [5.41, 5.74) is 0.617. The number of carbonyl (C=O) groups excluding carboxylic acids is 2. The third kappa shape index (κ3) is 4.99. The molecule has 0 saturated heterocycles. The number of benzene rings is 1. The molecule has 0 bridgehead atoms. The van der Waals surface area contributed by atoms with Gasteiger partial charge in [0.1, 0.15) is 6.54 Å². The molecule has 7 nitrogen and oxygen atoms in total. The number of carbonyl (C=O) groups is 2. The summed E-state index contributed by atoms with van der Waals surface area (Å²) >= 11 is 0. The molecule has 1 rings (SSSR count). The van der Waals surface area contributed by atoms with Gasteiger partial charge in [-0.05, 0) is 23.8 Å². The van der Waals surface area contributed by atoms with Crippen LogP contribution in [0.5, 0.6) is 0 Å². The lowest BCUT2D eigenvalue weighted by Gasteiger charge is -1.99. The topological polar surface area (TPSA) is 98.5 Å².